The number of fused-ring (bicyclic) bond motifs is 1. The van der Waals surface area contributed by atoms with E-state index in [1.807, 2.05) is 30.0 Å². The molecule has 2 fully saturated rings. The van der Waals surface area contributed by atoms with Crippen molar-refractivity contribution in [2.45, 2.75) is 45.9 Å². The van der Waals surface area contributed by atoms with Gasteiger partial charge in [0, 0.05) is 19.7 Å². The number of carbonyl (C=O) groups is 2. The average molecular weight is 373 g/mol. The predicted molar refractivity (Wildman–Crippen MR) is 97.5 cm³/mol. The van der Waals surface area contributed by atoms with Crippen LogP contribution < -0.4 is 0 Å². The van der Waals surface area contributed by atoms with E-state index in [0.29, 0.717) is 31.1 Å². The molecule has 0 N–H and O–H groups in total. The highest BCUT2D eigenvalue weighted by atomic mass is 16.5. The van der Waals surface area contributed by atoms with Gasteiger partial charge in [0.2, 0.25) is 11.8 Å². The van der Waals surface area contributed by atoms with Crippen molar-refractivity contribution in [3.63, 3.8) is 0 Å². The second-order valence-corrected chi connectivity index (χ2v) is 9.28. The summed E-state index contributed by atoms with van der Waals surface area (Å²) in [5.41, 5.74) is 0.0386. The number of amides is 2. The number of nitrogens with zero attached hydrogens (tertiary/aromatic N) is 3. The van der Waals surface area contributed by atoms with Crippen LogP contribution in [0.3, 0.4) is 0 Å². The second kappa shape index (κ2) is 5.92. The van der Waals surface area contributed by atoms with Crippen molar-refractivity contribution in [3.05, 3.63) is 29.7 Å². The zero-order chi connectivity index (χ0) is 19.6. The molecule has 0 saturated carbocycles. The van der Waals surface area contributed by atoms with Crippen molar-refractivity contribution in [1.29, 1.82) is 0 Å². The van der Waals surface area contributed by atoms with E-state index in [1.54, 1.807) is 11.9 Å². The molecule has 146 valence electrons. The molecule has 0 radical (unpaired) electrons. The molecule has 1 aromatic rings. The largest absolute Gasteiger partial charge is 0.361 e. The van der Waals surface area contributed by atoms with Crippen LogP contribution in [0, 0.1) is 24.2 Å². The summed E-state index contributed by atoms with van der Waals surface area (Å²) in [7, 11) is 1.74. The van der Waals surface area contributed by atoms with Crippen molar-refractivity contribution in [1.82, 2.24) is 15.0 Å². The molecule has 2 bridgehead atoms. The molecule has 4 rings (SSSR count). The Morgan fingerprint density at radius 3 is 2.81 bits per heavy atom. The van der Waals surface area contributed by atoms with E-state index in [0.717, 1.165) is 0 Å². The third kappa shape index (κ3) is 2.98. The highest BCUT2D eigenvalue weighted by Gasteiger charge is 2.67. The number of aryl methyl sites for hydroxylation is 1. The van der Waals surface area contributed by atoms with Gasteiger partial charge in [-0.1, -0.05) is 38.1 Å². The van der Waals surface area contributed by atoms with Crippen LogP contribution in [0.5, 0.6) is 0 Å². The SMILES string of the molecule is Cc1cc(CN(C)C(=O)[C@@H]2[C@@H]3C=C[C@@]4(CN(CC(C)(C)C)C(=O)[C@@H]24)O3)no1. The topological polar surface area (TPSA) is 75.9 Å². The summed E-state index contributed by atoms with van der Waals surface area (Å²) in [6.45, 7) is 9.67. The Morgan fingerprint density at radius 2 is 2.19 bits per heavy atom. The van der Waals surface area contributed by atoms with Gasteiger partial charge in [0.25, 0.3) is 0 Å². The van der Waals surface area contributed by atoms with Crippen molar-refractivity contribution in [3.8, 4) is 0 Å². The van der Waals surface area contributed by atoms with Crippen molar-refractivity contribution < 1.29 is 18.8 Å². The van der Waals surface area contributed by atoms with Gasteiger partial charge in [-0.05, 0) is 12.3 Å². The quantitative estimate of drug-likeness (QED) is 0.752. The van der Waals surface area contributed by atoms with Crippen LogP contribution >= 0.6 is 0 Å². The Bertz CT molecular complexity index is 808. The molecule has 2 saturated heterocycles. The number of hydrogen-bond acceptors (Lipinski definition) is 5. The Morgan fingerprint density at radius 1 is 1.44 bits per heavy atom. The van der Waals surface area contributed by atoms with Gasteiger partial charge in [0.1, 0.15) is 17.1 Å². The Hall–Kier alpha value is -2.15. The van der Waals surface area contributed by atoms with Gasteiger partial charge in [-0.15, -0.1) is 0 Å². The van der Waals surface area contributed by atoms with E-state index >= 15 is 0 Å². The maximum atomic E-state index is 13.2. The summed E-state index contributed by atoms with van der Waals surface area (Å²) < 4.78 is 11.3. The molecule has 2 amide bonds. The fraction of sp³-hybridized carbons (Fsp3) is 0.650. The molecule has 4 heterocycles. The first-order valence-corrected chi connectivity index (χ1v) is 9.43. The van der Waals surface area contributed by atoms with Crippen LogP contribution in [-0.2, 0) is 20.9 Å². The van der Waals surface area contributed by atoms with Crippen LogP contribution in [0.4, 0.5) is 0 Å². The van der Waals surface area contributed by atoms with Crippen LogP contribution in [0.25, 0.3) is 0 Å². The Labute approximate surface area is 159 Å². The average Bonchev–Trinajstić information content (AvgIpc) is 3.28. The third-order valence-electron chi connectivity index (χ3n) is 5.58. The minimum atomic E-state index is -0.654. The Balaban J connectivity index is 1.54. The van der Waals surface area contributed by atoms with Gasteiger partial charge in [0.15, 0.2) is 0 Å². The molecule has 3 aliphatic rings. The van der Waals surface area contributed by atoms with E-state index in [2.05, 4.69) is 25.9 Å². The van der Waals surface area contributed by atoms with E-state index in [4.69, 9.17) is 9.26 Å². The summed E-state index contributed by atoms with van der Waals surface area (Å²) in [5, 5.41) is 3.96. The summed E-state index contributed by atoms with van der Waals surface area (Å²) >= 11 is 0. The lowest BCUT2D eigenvalue weighted by Gasteiger charge is -2.29. The smallest absolute Gasteiger partial charge is 0.230 e. The zero-order valence-electron chi connectivity index (χ0n) is 16.6. The molecular formula is C20H27N3O4. The lowest BCUT2D eigenvalue weighted by Crippen LogP contribution is -2.45. The fourth-order valence-electron chi connectivity index (χ4n) is 4.63. The molecule has 1 spiro atoms. The van der Waals surface area contributed by atoms with Gasteiger partial charge in [-0.3, -0.25) is 9.59 Å². The highest BCUT2D eigenvalue weighted by Crippen LogP contribution is 2.52. The predicted octanol–water partition coefficient (Wildman–Crippen LogP) is 1.77. The standard InChI is InChI=1S/C20H27N3O4/c1-12-8-13(21-27-12)9-22(5)17(24)15-14-6-7-20(26-14)11-23(10-19(2,3)4)18(25)16(15)20/h6-8,14-16H,9-11H2,1-5H3/t14-,15+,16+,20-/m0/s1. The summed E-state index contributed by atoms with van der Waals surface area (Å²) in [5.74, 6) is -0.266. The lowest BCUT2D eigenvalue weighted by atomic mass is 9.76. The molecule has 1 aromatic heterocycles. The molecule has 0 unspecified atom stereocenters. The number of rotatable bonds is 4. The molecule has 27 heavy (non-hydrogen) atoms. The van der Waals surface area contributed by atoms with Gasteiger partial charge in [0.05, 0.1) is 31.0 Å². The van der Waals surface area contributed by atoms with E-state index in [1.165, 1.54) is 0 Å². The van der Waals surface area contributed by atoms with Crippen LogP contribution in [-0.4, -0.2) is 58.6 Å². The number of ether oxygens (including phenoxy) is 1. The van der Waals surface area contributed by atoms with E-state index < -0.39 is 17.4 Å². The van der Waals surface area contributed by atoms with Crippen molar-refractivity contribution in [2.24, 2.45) is 17.3 Å². The summed E-state index contributed by atoms with van der Waals surface area (Å²) in [6.07, 6.45) is 3.61. The molecule has 0 aromatic carbocycles. The monoisotopic (exact) mass is 373 g/mol. The molecule has 3 aliphatic heterocycles. The molecular weight excluding hydrogens is 346 g/mol. The van der Waals surface area contributed by atoms with E-state index in [9.17, 15) is 9.59 Å². The van der Waals surface area contributed by atoms with Crippen molar-refractivity contribution >= 4 is 11.8 Å². The maximum Gasteiger partial charge on any atom is 0.230 e. The van der Waals surface area contributed by atoms with Crippen LogP contribution in [0.1, 0.15) is 32.2 Å². The first-order chi connectivity index (χ1) is 12.6. The minimum Gasteiger partial charge on any atom is -0.361 e. The summed E-state index contributed by atoms with van der Waals surface area (Å²) in [4.78, 5) is 29.8. The minimum absolute atomic E-state index is 0.00618. The lowest BCUT2D eigenvalue weighted by molar-refractivity contribution is -0.143. The van der Waals surface area contributed by atoms with Gasteiger partial charge >= 0.3 is 0 Å². The highest BCUT2D eigenvalue weighted by molar-refractivity contribution is 5.93. The fourth-order valence-corrected chi connectivity index (χ4v) is 4.63. The zero-order valence-corrected chi connectivity index (χ0v) is 16.6. The maximum absolute atomic E-state index is 13.2. The first kappa shape index (κ1) is 18.2. The third-order valence-corrected chi connectivity index (χ3v) is 5.58. The normalized spacial score (nSPS) is 31.7. The van der Waals surface area contributed by atoms with Gasteiger partial charge < -0.3 is 19.1 Å². The van der Waals surface area contributed by atoms with Crippen LogP contribution in [0.2, 0.25) is 0 Å². The second-order valence-electron chi connectivity index (χ2n) is 9.28. The number of carbonyl (C=O) groups excluding carboxylic acids is 2. The summed E-state index contributed by atoms with van der Waals surface area (Å²) in [6, 6.07) is 1.81. The van der Waals surface area contributed by atoms with Gasteiger partial charge in [-0.25, -0.2) is 0 Å². The van der Waals surface area contributed by atoms with E-state index in [-0.39, 0.29) is 23.3 Å². The number of aromatic nitrogens is 1. The van der Waals surface area contributed by atoms with Crippen molar-refractivity contribution in [2.75, 3.05) is 20.1 Å². The number of likely N-dealkylation sites (tertiary alicyclic amines) is 1. The Kier molecular flexibility index (Phi) is 4.00. The first-order valence-electron chi connectivity index (χ1n) is 9.43. The molecule has 7 nitrogen and oxygen atoms in total. The van der Waals surface area contributed by atoms with Crippen LogP contribution in [0.15, 0.2) is 22.7 Å². The molecule has 4 atom stereocenters. The molecule has 0 aliphatic carbocycles. The number of hydrogen-bond donors (Lipinski definition) is 0. The van der Waals surface area contributed by atoms with Gasteiger partial charge in [-0.2, -0.15) is 0 Å². The molecule has 7 heteroatoms.